The molecule has 0 atom stereocenters. The van der Waals surface area contributed by atoms with E-state index in [2.05, 4.69) is 41.6 Å². The van der Waals surface area contributed by atoms with Crippen molar-refractivity contribution in [3.8, 4) is 0 Å². The molecule has 0 radical (unpaired) electrons. The molecule has 0 bridgehead atoms. The molecule has 0 saturated carbocycles. The zero-order chi connectivity index (χ0) is 13.2. The molecule has 1 heterocycles. The van der Waals surface area contributed by atoms with Crippen molar-refractivity contribution in [2.24, 2.45) is 0 Å². The molecule has 2 rings (SSSR count). The number of rotatable bonds is 3. The molecule has 18 heavy (non-hydrogen) atoms. The van der Waals surface area contributed by atoms with E-state index in [-0.39, 0.29) is 4.90 Å². The summed E-state index contributed by atoms with van der Waals surface area (Å²) in [7, 11) is -3.63. The van der Waals surface area contributed by atoms with Gasteiger partial charge in [0.15, 0.2) is 0 Å². The van der Waals surface area contributed by atoms with Crippen molar-refractivity contribution in [3.63, 3.8) is 0 Å². The number of halogens is 2. The van der Waals surface area contributed by atoms with E-state index in [4.69, 9.17) is 0 Å². The number of nitrogens with one attached hydrogen (secondary N) is 1. The Hall–Kier alpha value is -0.920. The van der Waals surface area contributed by atoms with Gasteiger partial charge in [0.1, 0.15) is 4.90 Å². The highest BCUT2D eigenvalue weighted by Gasteiger charge is 2.16. The molecular formula is C11H8Br2N2O2S. The van der Waals surface area contributed by atoms with Crippen LogP contribution in [0.4, 0.5) is 5.69 Å². The van der Waals surface area contributed by atoms with Crippen molar-refractivity contribution in [2.75, 3.05) is 4.72 Å². The molecule has 2 aromatic rings. The predicted octanol–water partition coefficient (Wildman–Crippen LogP) is 3.41. The Balaban J connectivity index is 2.37. The molecule has 0 aliphatic rings. The van der Waals surface area contributed by atoms with Crippen LogP contribution in [0.1, 0.15) is 0 Å². The fraction of sp³-hybridized carbons (Fsp3) is 0. The number of benzene rings is 1. The Bertz CT molecular complexity index is 674. The molecule has 4 nitrogen and oxygen atoms in total. The minimum atomic E-state index is -3.63. The van der Waals surface area contributed by atoms with Crippen molar-refractivity contribution in [1.29, 1.82) is 0 Å². The average molecular weight is 392 g/mol. The number of aromatic nitrogens is 1. The Labute approximate surface area is 122 Å². The summed E-state index contributed by atoms with van der Waals surface area (Å²) < 4.78 is 28.0. The maximum Gasteiger partial charge on any atom is 0.263 e. The van der Waals surface area contributed by atoms with Crippen LogP contribution in [0.15, 0.2) is 56.6 Å². The lowest BCUT2D eigenvalue weighted by Crippen LogP contribution is -2.13. The molecule has 1 N–H and O–H groups in total. The van der Waals surface area contributed by atoms with E-state index in [1.165, 1.54) is 18.5 Å². The summed E-state index contributed by atoms with van der Waals surface area (Å²) in [6, 6.07) is 8.49. The Morgan fingerprint density at radius 2 is 1.83 bits per heavy atom. The van der Waals surface area contributed by atoms with Gasteiger partial charge in [0.25, 0.3) is 10.0 Å². The molecule has 0 aliphatic carbocycles. The van der Waals surface area contributed by atoms with E-state index in [1.807, 2.05) is 6.07 Å². The molecule has 0 saturated heterocycles. The fourth-order valence-electron chi connectivity index (χ4n) is 1.29. The van der Waals surface area contributed by atoms with Crippen LogP contribution in [-0.2, 0) is 10.0 Å². The topological polar surface area (TPSA) is 59.1 Å². The second-order valence-corrected chi connectivity index (χ2v) is 6.88. The molecule has 0 fully saturated rings. The van der Waals surface area contributed by atoms with E-state index in [0.717, 1.165) is 0 Å². The third kappa shape index (κ3) is 3.09. The van der Waals surface area contributed by atoms with Crippen LogP contribution in [0.3, 0.4) is 0 Å². The van der Waals surface area contributed by atoms with Crippen LogP contribution >= 0.6 is 31.9 Å². The van der Waals surface area contributed by atoms with Crippen molar-refractivity contribution in [2.45, 2.75) is 4.90 Å². The van der Waals surface area contributed by atoms with E-state index >= 15 is 0 Å². The quantitative estimate of drug-likeness (QED) is 0.872. The molecule has 1 aromatic carbocycles. The molecule has 0 unspecified atom stereocenters. The van der Waals surface area contributed by atoms with E-state index < -0.39 is 10.0 Å². The number of nitrogens with zero attached hydrogens (tertiary/aromatic N) is 1. The lowest BCUT2D eigenvalue weighted by Gasteiger charge is -2.09. The van der Waals surface area contributed by atoms with Gasteiger partial charge < -0.3 is 0 Å². The van der Waals surface area contributed by atoms with Gasteiger partial charge in [-0.1, -0.05) is 12.1 Å². The van der Waals surface area contributed by atoms with Gasteiger partial charge in [0, 0.05) is 21.3 Å². The van der Waals surface area contributed by atoms with Crippen LogP contribution < -0.4 is 4.72 Å². The lowest BCUT2D eigenvalue weighted by molar-refractivity contribution is 0.600. The third-order valence-electron chi connectivity index (χ3n) is 2.11. The van der Waals surface area contributed by atoms with Crippen LogP contribution in [-0.4, -0.2) is 13.4 Å². The summed E-state index contributed by atoms with van der Waals surface area (Å²) in [6.45, 7) is 0. The Morgan fingerprint density at radius 3 is 2.50 bits per heavy atom. The maximum absolute atomic E-state index is 12.1. The van der Waals surface area contributed by atoms with Gasteiger partial charge in [-0.2, -0.15) is 0 Å². The van der Waals surface area contributed by atoms with E-state index in [9.17, 15) is 8.42 Å². The van der Waals surface area contributed by atoms with Gasteiger partial charge in [-0.25, -0.2) is 8.42 Å². The second kappa shape index (κ2) is 5.38. The van der Waals surface area contributed by atoms with Gasteiger partial charge >= 0.3 is 0 Å². The van der Waals surface area contributed by atoms with Crippen LogP contribution in [0.25, 0.3) is 0 Å². The first-order valence-corrected chi connectivity index (χ1v) is 7.94. The summed E-state index contributed by atoms with van der Waals surface area (Å²) in [6.07, 6.45) is 2.82. The minimum Gasteiger partial charge on any atom is -0.278 e. The molecule has 94 valence electrons. The van der Waals surface area contributed by atoms with Gasteiger partial charge in [0.2, 0.25) is 0 Å². The third-order valence-corrected chi connectivity index (χ3v) is 4.57. The molecule has 7 heteroatoms. The standard InChI is InChI=1S/C11H8Br2N2O2S/c12-8-5-9(7-14-6-8)18(16,17)15-11-4-2-1-3-10(11)13/h1-7,15H. The zero-order valence-electron chi connectivity index (χ0n) is 8.97. The highest BCUT2D eigenvalue weighted by atomic mass is 79.9. The Morgan fingerprint density at radius 1 is 1.11 bits per heavy atom. The first-order chi connectivity index (χ1) is 8.49. The summed E-state index contributed by atoms with van der Waals surface area (Å²) in [5, 5.41) is 0. The largest absolute Gasteiger partial charge is 0.278 e. The van der Waals surface area contributed by atoms with Crippen molar-refractivity contribution in [1.82, 2.24) is 4.98 Å². The fourth-order valence-corrected chi connectivity index (χ4v) is 3.39. The van der Waals surface area contributed by atoms with Crippen molar-refractivity contribution < 1.29 is 8.42 Å². The summed E-state index contributed by atoms with van der Waals surface area (Å²) in [5.74, 6) is 0. The van der Waals surface area contributed by atoms with E-state index in [0.29, 0.717) is 14.6 Å². The average Bonchev–Trinajstić information content (AvgIpc) is 2.32. The molecule has 0 spiro atoms. The van der Waals surface area contributed by atoms with E-state index in [1.54, 1.807) is 18.2 Å². The number of para-hydroxylation sites is 1. The number of anilines is 1. The lowest BCUT2D eigenvalue weighted by atomic mass is 10.3. The maximum atomic E-state index is 12.1. The van der Waals surface area contributed by atoms with Crippen molar-refractivity contribution >= 4 is 47.6 Å². The highest BCUT2D eigenvalue weighted by Crippen LogP contribution is 2.24. The smallest absolute Gasteiger partial charge is 0.263 e. The molecule has 0 aliphatic heterocycles. The molecule has 0 amide bonds. The van der Waals surface area contributed by atoms with Gasteiger partial charge in [-0.05, 0) is 50.1 Å². The summed E-state index contributed by atoms with van der Waals surface area (Å²) in [5.41, 5.74) is 0.484. The Kier molecular flexibility index (Phi) is 4.04. The number of hydrogen-bond acceptors (Lipinski definition) is 3. The van der Waals surface area contributed by atoms with Crippen molar-refractivity contribution in [3.05, 3.63) is 51.7 Å². The zero-order valence-corrected chi connectivity index (χ0v) is 13.0. The number of hydrogen-bond donors (Lipinski definition) is 1. The second-order valence-electron chi connectivity index (χ2n) is 3.42. The van der Waals surface area contributed by atoms with Gasteiger partial charge in [-0.15, -0.1) is 0 Å². The van der Waals surface area contributed by atoms with Gasteiger partial charge in [0.05, 0.1) is 5.69 Å². The highest BCUT2D eigenvalue weighted by molar-refractivity contribution is 9.10. The number of pyridine rings is 1. The van der Waals surface area contributed by atoms with Crippen LogP contribution in [0.5, 0.6) is 0 Å². The monoisotopic (exact) mass is 390 g/mol. The first-order valence-electron chi connectivity index (χ1n) is 4.87. The molecular weight excluding hydrogens is 384 g/mol. The first kappa shape index (κ1) is 13.5. The van der Waals surface area contributed by atoms with Crippen LogP contribution in [0, 0.1) is 0 Å². The normalized spacial score (nSPS) is 11.2. The number of sulfonamides is 1. The minimum absolute atomic E-state index is 0.104. The summed E-state index contributed by atoms with van der Waals surface area (Å²) in [4.78, 5) is 3.94. The SMILES string of the molecule is O=S(=O)(Nc1ccccc1Br)c1cncc(Br)c1. The van der Waals surface area contributed by atoms with Crippen LogP contribution in [0.2, 0.25) is 0 Å². The van der Waals surface area contributed by atoms with Gasteiger partial charge in [-0.3, -0.25) is 9.71 Å². The molecule has 1 aromatic heterocycles. The predicted molar refractivity (Wildman–Crippen MR) is 76.9 cm³/mol. The summed E-state index contributed by atoms with van der Waals surface area (Å²) >= 11 is 6.47.